The van der Waals surface area contributed by atoms with Gasteiger partial charge in [0, 0.05) is 24.7 Å². The Bertz CT molecular complexity index is 1070. The molecule has 0 bridgehead atoms. The maximum Gasteiger partial charge on any atom is 0.266 e. The van der Waals surface area contributed by atoms with Crippen molar-refractivity contribution in [2.24, 2.45) is 0 Å². The zero-order valence-electron chi connectivity index (χ0n) is 16.6. The van der Waals surface area contributed by atoms with Crippen LogP contribution in [0.4, 0.5) is 5.69 Å². The summed E-state index contributed by atoms with van der Waals surface area (Å²) in [6.45, 7) is 0.589. The minimum Gasteiger partial charge on any atom is -0.454 e. The van der Waals surface area contributed by atoms with Gasteiger partial charge in [-0.3, -0.25) is 14.5 Å². The number of hydrogen-bond acceptors (Lipinski definition) is 6. The summed E-state index contributed by atoms with van der Waals surface area (Å²) in [5.74, 6) is 1.03. The largest absolute Gasteiger partial charge is 0.454 e. The molecule has 0 unspecified atom stereocenters. The highest BCUT2D eigenvalue weighted by Gasteiger charge is 2.31. The van der Waals surface area contributed by atoms with Gasteiger partial charge in [-0.2, -0.15) is 0 Å². The summed E-state index contributed by atoms with van der Waals surface area (Å²) in [6.07, 6.45) is 6.35. The van der Waals surface area contributed by atoms with Gasteiger partial charge in [-0.1, -0.05) is 66.5 Å². The summed E-state index contributed by atoms with van der Waals surface area (Å²) in [5.41, 5.74) is 1.70. The minimum absolute atomic E-state index is 0.121. The molecule has 2 aromatic rings. The maximum atomic E-state index is 12.6. The number of hydrogen-bond donors (Lipinski definition) is 1. The molecular formula is C23H20N2O4S2. The molecule has 2 amide bonds. The summed E-state index contributed by atoms with van der Waals surface area (Å²) >= 11 is 6.63. The van der Waals surface area contributed by atoms with Gasteiger partial charge >= 0.3 is 0 Å². The van der Waals surface area contributed by atoms with Crippen molar-refractivity contribution >= 4 is 51.9 Å². The molecule has 0 aromatic heterocycles. The van der Waals surface area contributed by atoms with Gasteiger partial charge in [-0.25, -0.2) is 0 Å². The summed E-state index contributed by atoms with van der Waals surface area (Å²) in [6, 6.07) is 15.1. The molecule has 31 heavy (non-hydrogen) atoms. The molecule has 1 N–H and O–H groups in total. The van der Waals surface area contributed by atoms with Crippen LogP contribution in [-0.2, 0) is 9.59 Å². The topological polar surface area (TPSA) is 67.9 Å². The molecule has 0 aliphatic carbocycles. The number of thiocarbonyl (C=S) groups is 1. The van der Waals surface area contributed by atoms with Crippen molar-refractivity contribution in [2.75, 3.05) is 18.7 Å². The van der Waals surface area contributed by atoms with E-state index in [0.717, 1.165) is 5.56 Å². The fourth-order valence-electron chi connectivity index (χ4n) is 3.11. The van der Waals surface area contributed by atoms with Crippen molar-refractivity contribution in [1.82, 2.24) is 4.90 Å². The summed E-state index contributed by atoms with van der Waals surface area (Å²) in [5, 5.41) is 2.84. The number of fused-ring (bicyclic) bond motifs is 1. The van der Waals surface area contributed by atoms with Gasteiger partial charge < -0.3 is 14.8 Å². The summed E-state index contributed by atoms with van der Waals surface area (Å²) in [7, 11) is 0. The molecular weight excluding hydrogens is 432 g/mol. The Morgan fingerprint density at radius 2 is 1.97 bits per heavy atom. The number of thioether (sulfide) groups is 1. The molecule has 2 aliphatic rings. The molecule has 1 fully saturated rings. The van der Waals surface area contributed by atoms with Crippen molar-refractivity contribution in [2.45, 2.75) is 12.8 Å². The van der Waals surface area contributed by atoms with Gasteiger partial charge in [0.15, 0.2) is 11.5 Å². The fraction of sp³-hybridized carbons (Fsp3) is 0.174. The van der Waals surface area contributed by atoms with Gasteiger partial charge in [-0.15, -0.1) is 0 Å². The normalized spacial score (nSPS) is 16.5. The molecule has 0 saturated carbocycles. The van der Waals surface area contributed by atoms with E-state index >= 15 is 0 Å². The first-order valence-electron chi connectivity index (χ1n) is 9.77. The third-order valence-corrected chi connectivity index (χ3v) is 6.05. The molecule has 158 valence electrons. The molecule has 2 heterocycles. The first-order valence-corrected chi connectivity index (χ1v) is 11.0. The Kier molecular flexibility index (Phi) is 6.69. The first kappa shape index (κ1) is 21.1. The number of amides is 2. The zero-order chi connectivity index (χ0) is 21.6. The van der Waals surface area contributed by atoms with Crippen molar-refractivity contribution < 1.29 is 19.1 Å². The predicted octanol–water partition coefficient (Wildman–Crippen LogP) is 4.59. The number of rotatable bonds is 7. The van der Waals surface area contributed by atoms with Crippen molar-refractivity contribution in [1.29, 1.82) is 0 Å². The van der Waals surface area contributed by atoms with Gasteiger partial charge in [0.2, 0.25) is 12.7 Å². The van der Waals surface area contributed by atoms with E-state index in [4.69, 9.17) is 21.7 Å². The number of nitrogens with zero attached hydrogens (tertiary/aromatic N) is 1. The monoisotopic (exact) mass is 452 g/mol. The average molecular weight is 453 g/mol. The second kappa shape index (κ2) is 9.80. The van der Waals surface area contributed by atoms with Crippen LogP contribution in [0.3, 0.4) is 0 Å². The molecule has 0 radical (unpaired) electrons. The van der Waals surface area contributed by atoms with E-state index in [1.807, 2.05) is 42.5 Å². The van der Waals surface area contributed by atoms with E-state index in [2.05, 4.69) is 5.32 Å². The van der Waals surface area contributed by atoms with Crippen molar-refractivity contribution in [3.63, 3.8) is 0 Å². The Balaban J connectivity index is 1.26. The lowest BCUT2D eigenvalue weighted by Gasteiger charge is -2.14. The van der Waals surface area contributed by atoms with Gasteiger partial charge in [0.1, 0.15) is 4.32 Å². The van der Waals surface area contributed by atoms with Crippen molar-refractivity contribution in [3.05, 3.63) is 71.2 Å². The van der Waals surface area contributed by atoms with E-state index in [9.17, 15) is 9.59 Å². The predicted molar refractivity (Wildman–Crippen MR) is 126 cm³/mol. The lowest BCUT2D eigenvalue weighted by molar-refractivity contribution is -0.122. The van der Waals surface area contributed by atoms with Crippen LogP contribution in [0, 0.1) is 0 Å². The molecule has 8 heteroatoms. The average Bonchev–Trinajstić information content (AvgIpc) is 3.34. The van der Waals surface area contributed by atoms with Crippen LogP contribution in [-0.4, -0.2) is 34.4 Å². The minimum atomic E-state index is -0.134. The number of allylic oxidation sites excluding steroid dienone is 2. The van der Waals surface area contributed by atoms with Crippen LogP contribution in [0.25, 0.3) is 6.08 Å². The number of ether oxygens (including phenoxy) is 2. The number of benzene rings is 2. The van der Waals surface area contributed by atoms with Crippen LogP contribution >= 0.6 is 24.0 Å². The molecule has 6 nitrogen and oxygen atoms in total. The lowest BCUT2D eigenvalue weighted by Crippen LogP contribution is -2.29. The Labute approximate surface area is 189 Å². The van der Waals surface area contributed by atoms with E-state index in [-0.39, 0.29) is 25.0 Å². The highest BCUT2D eigenvalue weighted by molar-refractivity contribution is 8.26. The first-order chi connectivity index (χ1) is 15.1. The van der Waals surface area contributed by atoms with Crippen LogP contribution in [0.5, 0.6) is 11.5 Å². The molecule has 2 aromatic carbocycles. The second-order valence-electron chi connectivity index (χ2n) is 6.85. The molecule has 4 rings (SSSR count). The van der Waals surface area contributed by atoms with Gasteiger partial charge in [0.25, 0.3) is 5.91 Å². The number of carbonyl (C=O) groups is 2. The molecule has 0 spiro atoms. The highest BCUT2D eigenvalue weighted by Crippen LogP contribution is 2.34. The third-order valence-electron chi connectivity index (χ3n) is 4.65. The standard InChI is InChI=1S/C23H20N2O4S2/c26-21(24-17-11-12-18-19(14-17)29-15-28-18)10-5-13-25-22(27)20(31-23(25)30)9-4-8-16-6-2-1-3-7-16/h1-4,6-9,11-12,14H,5,10,13,15H2,(H,24,26)/b8-4+,20-9-. The molecule has 2 aliphatic heterocycles. The molecule has 1 saturated heterocycles. The fourth-order valence-corrected chi connectivity index (χ4v) is 4.37. The number of carbonyl (C=O) groups excluding carboxylic acids is 2. The Hall–Kier alpha value is -3.10. The summed E-state index contributed by atoms with van der Waals surface area (Å²) < 4.78 is 11.1. The number of nitrogens with one attached hydrogen (secondary N) is 1. The zero-order valence-corrected chi connectivity index (χ0v) is 18.2. The number of anilines is 1. The quantitative estimate of drug-likeness (QED) is 0.490. The van der Waals surface area contributed by atoms with Gasteiger partial charge in [-0.05, 0) is 30.2 Å². The van der Waals surface area contributed by atoms with E-state index in [0.29, 0.717) is 39.4 Å². The van der Waals surface area contributed by atoms with Crippen LogP contribution in [0.1, 0.15) is 18.4 Å². The second-order valence-corrected chi connectivity index (χ2v) is 8.52. The maximum absolute atomic E-state index is 12.6. The Morgan fingerprint density at radius 1 is 1.16 bits per heavy atom. The Morgan fingerprint density at radius 3 is 2.81 bits per heavy atom. The van der Waals surface area contributed by atoms with Crippen LogP contribution < -0.4 is 14.8 Å². The highest BCUT2D eigenvalue weighted by atomic mass is 32.2. The van der Waals surface area contributed by atoms with E-state index in [1.165, 1.54) is 11.8 Å². The van der Waals surface area contributed by atoms with Gasteiger partial charge in [0.05, 0.1) is 4.91 Å². The summed E-state index contributed by atoms with van der Waals surface area (Å²) in [4.78, 5) is 27.0. The van der Waals surface area contributed by atoms with Crippen LogP contribution in [0.15, 0.2) is 65.6 Å². The lowest BCUT2D eigenvalue weighted by atomic mass is 10.2. The molecule has 0 atom stereocenters. The van der Waals surface area contributed by atoms with Crippen molar-refractivity contribution in [3.8, 4) is 11.5 Å². The third kappa shape index (κ3) is 5.34. The van der Waals surface area contributed by atoms with E-state index < -0.39 is 0 Å². The van der Waals surface area contributed by atoms with E-state index in [1.54, 1.807) is 29.2 Å². The SMILES string of the molecule is O=C(CCCN1C(=O)/C(=C/C=C/c2ccccc2)SC1=S)Nc1ccc2c(c1)OCO2. The van der Waals surface area contributed by atoms with Crippen LogP contribution in [0.2, 0.25) is 0 Å². The smallest absolute Gasteiger partial charge is 0.266 e.